The lowest BCUT2D eigenvalue weighted by molar-refractivity contribution is -0.174. The van der Waals surface area contributed by atoms with Crippen LogP contribution >= 0.6 is 127 Å². The molecule has 0 aliphatic carbocycles. The zero-order valence-electron chi connectivity index (χ0n) is 79.0. The van der Waals surface area contributed by atoms with Gasteiger partial charge in [-0.2, -0.15) is 0 Å². The van der Waals surface area contributed by atoms with Gasteiger partial charge in [-0.05, 0) is 176 Å². The number of ketones is 1. The summed E-state index contributed by atoms with van der Waals surface area (Å²) < 4.78 is 66.3. The molecule has 0 radical (unpaired) electrons. The van der Waals surface area contributed by atoms with Crippen molar-refractivity contribution >= 4 is 216 Å². The zero-order chi connectivity index (χ0) is 99.4. The first-order chi connectivity index (χ1) is 58.2. The lowest BCUT2D eigenvalue weighted by Crippen LogP contribution is -2.52. The van der Waals surface area contributed by atoms with Crippen LogP contribution in [0.5, 0.6) is 0 Å². The summed E-state index contributed by atoms with van der Waals surface area (Å²) >= 11 is 26.3. The van der Waals surface area contributed by atoms with E-state index in [-0.39, 0.29) is 77.2 Å². The summed E-state index contributed by atoms with van der Waals surface area (Å²) in [5.74, 6) is -11.0. The van der Waals surface area contributed by atoms with Crippen LogP contribution in [0.15, 0.2) is 0 Å². The molecule has 0 saturated carbocycles. The van der Waals surface area contributed by atoms with E-state index in [9.17, 15) is 71.9 Å². The SMILES string of the molecule is CCC(N)(CC)CCOC(CC)(CC)CC(CNC(=O)CCNC(=O)COCC(COC(=O)C(C)(C)C)(COC(=O)C(C)(C)Br)COC(=O)C(C)(C)Br)(CNC(=O)CCNC(=O)COCC(COC(=O)C(C)(C)Br)(COC(=O)C(C)(C)Br)COC(=O)C(C)(C)Br)CC(C)C(=O)CCNC(=O)COCC(COC(=O)C(C)(C)Br)(COC(=O)C(C)(C)Br)COC(=O)C(C)(C)Br. The summed E-state index contributed by atoms with van der Waals surface area (Å²) in [6.07, 6.45) is 1.62. The van der Waals surface area contributed by atoms with Crippen molar-refractivity contribution in [2.24, 2.45) is 38.7 Å². The quantitative estimate of drug-likeness (QED) is 0.0187. The van der Waals surface area contributed by atoms with Crippen LogP contribution in [0.4, 0.5) is 0 Å². The molecule has 0 bridgehead atoms. The molecule has 740 valence electrons. The Hall–Kier alpha value is -4.11. The zero-order valence-corrected chi connectivity index (χ0v) is 91.7. The highest BCUT2D eigenvalue weighted by Crippen LogP contribution is 2.42. The normalized spacial score (nSPS) is 13.7. The number of nitrogens with one attached hydrogen (secondary N) is 5. The predicted molar refractivity (Wildman–Crippen MR) is 508 cm³/mol. The number of carbonyl (C=O) groups is 15. The Labute approximate surface area is 823 Å². The van der Waals surface area contributed by atoms with Gasteiger partial charge in [0.05, 0.1) is 47.1 Å². The van der Waals surface area contributed by atoms with Crippen molar-refractivity contribution in [1.82, 2.24) is 26.6 Å². The summed E-state index contributed by atoms with van der Waals surface area (Å²) in [7, 11) is 0. The molecular weight excluding hydrogens is 2200 g/mol. The molecule has 5 amide bonds. The minimum Gasteiger partial charge on any atom is -0.464 e. The fourth-order valence-corrected chi connectivity index (χ4v) is 12.1. The third-order valence-electron chi connectivity index (χ3n) is 20.1. The number of hydrogen-bond donors (Lipinski definition) is 6. The van der Waals surface area contributed by atoms with Gasteiger partial charge >= 0.3 is 53.7 Å². The van der Waals surface area contributed by atoms with Crippen LogP contribution in [-0.4, -0.2) is 273 Å². The standard InChI is InChI=1S/C86H142Br8N6O28/c1-25-85(95,26-2)32-36-128-86(27-3,28-4)41-81(42-99-58(102)30-34-97-61(105)39-117-44-82(47-119-63(107)72(6,7)8,48-120-64(108)73(9,10)87)49-121-65(109)74(11,12)88,43-100-59(103)31-35-98-62(106)40-118-46-84(53-125-69(113)78(19,20)92,54-126-70(114)79(21,22)93)55-127-71(115)80(23,24)94)37-56(5)57(101)29-33-96-60(104)38-116-45-83(50-122-66(110)75(13,14)89,51-123-67(111)76(15,16)90)52-124-68(112)77(17,18)91/h56H,25-55,95H2,1-24H3,(H,96,104)(H,97,105)(H,98,106)(H,99,102)(H,100,103). The third kappa shape index (κ3) is 49.4. The second kappa shape index (κ2) is 54.6. The number of esters is 9. The van der Waals surface area contributed by atoms with Crippen molar-refractivity contribution in [3.05, 3.63) is 0 Å². The monoisotopic (exact) mass is 2340 g/mol. The third-order valence-corrected chi connectivity index (χ3v) is 22.6. The van der Waals surface area contributed by atoms with E-state index in [0.717, 1.165) is 0 Å². The maximum absolute atomic E-state index is 14.7. The van der Waals surface area contributed by atoms with E-state index in [0.29, 0.717) is 32.1 Å². The minimum absolute atomic E-state index is 0.0419. The van der Waals surface area contributed by atoms with Crippen molar-refractivity contribution in [3.63, 3.8) is 0 Å². The van der Waals surface area contributed by atoms with Crippen LogP contribution in [-0.2, 0) is 133 Å². The largest absolute Gasteiger partial charge is 0.464 e. The van der Waals surface area contributed by atoms with Gasteiger partial charge in [0, 0.05) is 75.5 Å². The molecule has 0 saturated heterocycles. The molecular formula is C86H142Br8N6O28. The average Bonchev–Trinajstić information content (AvgIpc) is 0.783. The molecule has 0 rings (SSSR count). The molecule has 0 aromatic rings. The van der Waals surface area contributed by atoms with Gasteiger partial charge in [0.25, 0.3) is 0 Å². The first-order valence-electron chi connectivity index (χ1n) is 42.3. The Morgan fingerprint density at radius 1 is 0.305 bits per heavy atom. The van der Waals surface area contributed by atoms with E-state index >= 15 is 0 Å². The van der Waals surface area contributed by atoms with Gasteiger partial charge in [-0.15, -0.1) is 0 Å². The molecule has 0 spiro atoms. The van der Waals surface area contributed by atoms with Gasteiger partial charge in [-0.3, -0.25) is 71.9 Å². The number of ether oxygens (including phenoxy) is 13. The van der Waals surface area contributed by atoms with E-state index in [4.69, 9.17) is 67.3 Å². The number of rotatable bonds is 64. The molecule has 2 atom stereocenters. The Bertz CT molecular complexity index is 3290. The highest BCUT2D eigenvalue weighted by molar-refractivity contribution is 9.11. The summed E-state index contributed by atoms with van der Waals surface area (Å²) in [5, 5.41) is 14.0. The van der Waals surface area contributed by atoms with Crippen LogP contribution in [0.2, 0.25) is 0 Å². The molecule has 0 aromatic carbocycles. The molecule has 0 aliphatic heterocycles. The van der Waals surface area contributed by atoms with Crippen molar-refractivity contribution in [2.75, 3.05) is 138 Å². The van der Waals surface area contributed by atoms with Crippen LogP contribution in [0.1, 0.15) is 230 Å². The second-order valence-electron chi connectivity index (χ2n) is 37.9. The molecule has 34 nitrogen and oxygen atoms in total. The number of hydrogen-bond acceptors (Lipinski definition) is 29. The predicted octanol–water partition coefficient (Wildman–Crippen LogP) is 11.5. The fraction of sp³-hybridized carbons (Fsp3) is 0.826. The van der Waals surface area contributed by atoms with Crippen LogP contribution < -0.4 is 32.3 Å². The highest BCUT2D eigenvalue weighted by Gasteiger charge is 2.48. The summed E-state index contributed by atoms with van der Waals surface area (Å²) in [6.45, 7) is 30.1. The van der Waals surface area contributed by atoms with Gasteiger partial charge < -0.3 is 93.9 Å². The number of Topliss-reactive ketones (excluding diaryl/α,β-unsaturated/α-hetero) is 1. The molecule has 42 heteroatoms. The Kier molecular flexibility index (Phi) is 52.8. The van der Waals surface area contributed by atoms with Gasteiger partial charge in [-0.25, -0.2) is 0 Å². The average molecular weight is 2350 g/mol. The van der Waals surface area contributed by atoms with Gasteiger partial charge in [0.1, 0.15) is 120 Å². The summed E-state index contributed by atoms with van der Waals surface area (Å²) in [6, 6.07) is 0. The Balaban J connectivity index is 7.89. The summed E-state index contributed by atoms with van der Waals surface area (Å²) in [5.41, 5.74) is -1.76. The number of carbonyl (C=O) groups excluding carboxylic acids is 15. The van der Waals surface area contributed by atoms with E-state index in [1.165, 1.54) is 0 Å². The number of amides is 5. The second-order valence-corrected chi connectivity index (χ2v) is 53.7. The van der Waals surface area contributed by atoms with E-state index in [2.05, 4.69) is 154 Å². The van der Waals surface area contributed by atoms with Crippen LogP contribution in [0, 0.1) is 33.0 Å². The molecule has 0 aromatic heterocycles. The number of halogens is 8. The Morgan fingerprint density at radius 3 is 0.758 bits per heavy atom. The molecule has 0 heterocycles. The van der Waals surface area contributed by atoms with Crippen molar-refractivity contribution in [2.45, 2.75) is 276 Å². The maximum Gasteiger partial charge on any atom is 0.322 e. The molecule has 128 heavy (non-hydrogen) atoms. The van der Waals surface area contributed by atoms with Crippen molar-refractivity contribution in [1.29, 1.82) is 0 Å². The van der Waals surface area contributed by atoms with Crippen molar-refractivity contribution < 1.29 is 133 Å². The van der Waals surface area contributed by atoms with E-state index in [1.807, 2.05) is 27.7 Å². The first kappa shape index (κ1) is 124. The van der Waals surface area contributed by atoms with E-state index < -0.39 is 261 Å². The van der Waals surface area contributed by atoms with Gasteiger partial charge in [0.2, 0.25) is 29.5 Å². The topological polar surface area (TPSA) is 462 Å². The Morgan fingerprint density at radius 2 is 0.539 bits per heavy atom. The molecule has 7 N–H and O–H groups in total. The number of nitrogens with two attached hydrogens (primary N) is 1. The summed E-state index contributed by atoms with van der Waals surface area (Å²) in [4.78, 5) is 203. The molecule has 0 aliphatic rings. The smallest absolute Gasteiger partial charge is 0.322 e. The highest BCUT2D eigenvalue weighted by atomic mass is 79.9. The van der Waals surface area contributed by atoms with Gasteiger partial charge in [-0.1, -0.05) is 162 Å². The maximum atomic E-state index is 14.7. The van der Waals surface area contributed by atoms with Crippen LogP contribution in [0.3, 0.4) is 0 Å². The van der Waals surface area contributed by atoms with Crippen molar-refractivity contribution in [3.8, 4) is 0 Å². The number of alkyl halides is 8. The lowest BCUT2D eigenvalue weighted by Gasteiger charge is -2.45. The van der Waals surface area contributed by atoms with Gasteiger partial charge in [0.15, 0.2) is 0 Å². The molecule has 0 fully saturated rings. The minimum atomic E-state index is -1.58. The fourth-order valence-electron chi connectivity index (χ4n) is 11.2. The lowest BCUT2D eigenvalue weighted by atomic mass is 9.69. The molecule has 2 unspecified atom stereocenters. The van der Waals surface area contributed by atoms with E-state index in [1.54, 1.807) is 138 Å². The van der Waals surface area contributed by atoms with Crippen LogP contribution in [0.25, 0.3) is 0 Å². The first-order valence-corrected chi connectivity index (χ1v) is 48.6.